The lowest BCUT2D eigenvalue weighted by Crippen LogP contribution is -2.34. The van der Waals surface area contributed by atoms with Crippen molar-refractivity contribution in [3.8, 4) is 17.5 Å². The molecule has 47 heavy (non-hydrogen) atoms. The molecule has 0 unspecified atom stereocenters. The molecule has 15 nitrogen and oxygen atoms in total. The van der Waals surface area contributed by atoms with Crippen LogP contribution in [0.1, 0.15) is 50.5 Å². The number of aryl methyl sites for hydroxylation is 1. The van der Waals surface area contributed by atoms with E-state index < -0.39 is 33.6 Å². The van der Waals surface area contributed by atoms with Crippen LogP contribution in [0.3, 0.4) is 0 Å². The van der Waals surface area contributed by atoms with Crippen molar-refractivity contribution in [1.82, 2.24) is 34.3 Å². The van der Waals surface area contributed by atoms with Crippen molar-refractivity contribution in [3.63, 3.8) is 0 Å². The second kappa shape index (κ2) is 10.9. The van der Waals surface area contributed by atoms with E-state index in [-0.39, 0.29) is 33.7 Å². The molecule has 7 rings (SSSR count). The molecule has 0 bridgehead atoms. The van der Waals surface area contributed by atoms with Crippen molar-refractivity contribution in [2.45, 2.75) is 13.0 Å². The van der Waals surface area contributed by atoms with Gasteiger partial charge in [-0.05, 0) is 37.3 Å². The highest BCUT2D eigenvalue weighted by Crippen LogP contribution is 2.38. The second-order valence-electron chi connectivity index (χ2n) is 10.7. The molecule has 2 aromatic carbocycles. The molecule has 4 aromatic heterocycles. The average molecular weight is 649 g/mol. The van der Waals surface area contributed by atoms with E-state index in [0.717, 1.165) is 0 Å². The summed E-state index contributed by atoms with van der Waals surface area (Å²) in [6, 6.07) is 12.6. The topological polar surface area (TPSA) is 200 Å². The van der Waals surface area contributed by atoms with Gasteiger partial charge in [0.2, 0.25) is 0 Å². The largest absolute Gasteiger partial charge is 0.344 e. The third-order valence-electron chi connectivity index (χ3n) is 7.52. The maximum atomic E-state index is 14.5. The van der Waals surface area contributed by atoms with Gasteiger partial charge in [-0.3, -0.25) is 28.4 Å². The van der Waals surface area contributed by atoms with E-state index in [1.165, 1.54) is 21.5 Å². The first-order valence-electron chi connectivity index (χ1n) is 14.1. The van der Waals surface area contributed by atoms with Crippen LogP contribution in [0.5, 0.6) is 0 Å². The van der Waals surface area contributed by atoms with Crippen LogP contribution in [0.2, 0.25) is 0 Å². The van der Waals surface area contributed by atoms with Crippen molar-refractivity contribution >= 4 is 49.9 Å². The normalized spacial score (nSPS) is 12.9. The number of pyridine rings is 1. The summed E-state index contributed by atoms with van der Waals surface area (Å²) in [7, 11) is -2.55. The van der Waals surface area contributed by atoms with Gasteiger partial charge >= 0.3 is 0 Å². The first kappa shape index (κ1) is 29.4. The molecule has 1 aliphatic rings. The van der Waals surface area contributed by atoms with Gasteiger partial charge < -0.3 is 10.6 Å². The number of carbonyl (C=O) groups is 2. The zero-order valence-electron chi connectivity index (χ0n) is 24.7. The molecular formula is C31H24N10O5S. The van der Waals surface area contributed by atoms with E-state index in [0.29, 0.717) is 27.9 Å². The number of nitrogens with one attached hydrogen (secondary N) is 3. The number of carbonyl (C=O) groups excluding carboxylic acids is 2. The minimum Gasteiger partial charge on any atom is -0.344 e. The molecule has 5 heterocycles. The third-order valence-corrected chi connectivity index (χ3v) is 8.00. The van der Waals surface area contributed by atoms with Gasteiger partial charge in [-0.25, -0.2) is 14.6 Å². The molecule has 1 aliphatic heterocycles. The smallest absolute Gasteiger partial charge is 0.297 e. The van der Waals surface area contributed by atoms with Gasteiger partial charge in [-0.15, -0.1) is 5.10 Å². The maximum absolute atomic E-state index is 14.5. The van der Waals surface area contributed by atoms with E-state index in [1.54, 1.807) is 79.6 Å². The summed E-state index contributed by atoms with van der Waals surface area (Å²) in [6.07, 6.45) is 6.24. The predicted octanol–water partition coefficient (Wildman–Crippen LogP) is 1.84. The number of amides is 2. The summed E-state index contributed by atoms with van der Waals surface area (Å²) in [5.41, 5.74) is 1.66. The number of hydrogen-bond donors (Lipinski definition) is 4. The minimum atomic E-state index is -4.32. The van der Waals surface area contributed by atoms with Crippen molar-refractivity contribution < 1.29 is 18.0 Å². The van der Waals surface area contributed by atoms with Crippen LogP contribution in [0.4, 0.5) is 11.5 Å². The molecular weight excluding hydrogens is 624 g/mol. The maximum Gasteiger partial charge on any atom is 0.297 e. The number of para-hydroxylation sites is 1. The van der Waals surface area contributed by atoms with E-state index >= 15 is 0 Å². The van der Waals surface area contributed by atoms with Crippen LogP contribution in [0.25, 0.3) is 22.1 Å². The first-order valence-corrected chi connectivity index (χ1v) is 15.6. The lowest BCUT2D eigenvalue weighted by molar-refractivity contribution is 0.0937. The number of nitrogens with zero attached hydrogens (tertiary/aromatic N) is 6. The van der Waals surface area contributed by atoms with Crippen LogP contribution in [0.15, 0.2) is 78.1 Å². The molecule has 0 fully saturated rings. The van der Waals surface area contributed by atoms with Gasteiger partial charge in [0, 0.05) is 42.3 Å². The van der Waals surface area contributed by atoms with Crippen molar-refractivity contribution in [1.29, 1.82) is 0 Å². The van der Waals surface area contributed by atoms with Crippen molar-refractivity contribution in [3.05, 3.63) is 112 Å². The summed E-state index contributed by atoms with van der Waals surface area (Å²) in [5, 5.41) is 19.7. The number of fused-ring (bicyclic) bond motifs is 1. The highest BCUT2D eigenvalue weighted by molar-refractivity contribution is 7.90. The molecule has 234 valence electrons. The molecule has 0 aliphatic carbocycles. The van der Waals surface area contributed by atoms with E-state index in [4.69, 9.17) is 5.14 Å². The molecule has 1 atom stereocenters. The summed E-state index contributed by atoms with van der Waals surface area (Å²) in [6.45, 7) is 1.61. The van der Waals surface area contributed by atoms with Crippen molar-refractivity contribution in [2.75, 3.05) is 10.0 Å². The Morgan fingerprint density at radius 2 is 1.85 bits per heavy atom. The van der Waals surface area contributed by atoms with E-state index in [1.807, 2.05) is 0 Å². The SMILES string of the molecule is C[C@H](NC(=O)c1c(NS(N)(=O)=O)nn2cccnc12)c1c2c3c(ccc(C#Cc4cnn(C)c4)c3c(=O)n1-c1ccccc1)NC2=O. The van der Waals surface area contributed by atoms with Gasteiger partial charge in [0.25, 0.3) is 27.6 Å². The van der Waals surface area contributed by atoms with E-state index in [2.05, 4.69) is 42.4 Å². The number of benzene rings is 2. The Morgan fingerprint density at radius 3 is 2.57 bits per heavy atom. The van der Waals surface area contributed by atoms with Crippen LogP contribution in [-0.2, 0) is 17.3 Å². The number of aromatic nitrogens is 6. The fourth-order valence-corrected chi connectivity index (χ4v) is 6.09. The fourth-order valence-electron chi connectivity index (χ4n) is 5.68. The number of anilines is 2. The second-order valence-corrected chi connectivity index (χ2v) is 12.0. The lowest BCUT2D eigenvalue weighted by atomic mass is 9.97. The Hall–Kier alpha value is -6.31. The standard InChI is InChI=1S/C31H24N10O5S/c1-17(35-30(43)25-27(38-47(32,45)46)37-40-14-6-13-33-28(25)40)26-24-23-21(36-29(24)42)12-11-19(10-9-18-15-34-39(2)16-18)22(23)31(44)41(26)20-7-4-3-5-8-20/h3-8,11-17H,1-2H3,(H,35,43)(H,36,42)(H,37,38)(H2,32,45,46)/t17-/m0/s1. The highest BCUT2D eigenvalue weighted by atomic mass is 32.2. The molecule has 0 saturated carbocycles. The highest BCUT2D eigenvalue weighted by Gasteiger charge is 2.34. The summed E-state index contributed by atoms with van der Waals surface area (Å²) >= 11 is 0. The lowest BCUT2D eigenvalue weighted by Gasteiger charge is -2.23. The monoisotopic (exact) mass is 648 g/mol. The number of nitrogens with two attached hydrogens (primary N) is 1. The Labute approximate surface area is 266 Å². The van der Waals surface area contributed by atoms with E-state index in [9.17, 15) is 22.8 Å². The molecule has 2 amide bonds. The third kappa shape index (κ3) is 5.14. The first-order chi connectivity index (χ1) is 22.5. The molecule has 0 saturated heterocycles. The van der Waals surface area contributed by atoms with Crippen LogP contribution >= 0.6 is 0 Å². The molecule has 16 heteroatoms. The Bertz CT molecular complexity index is 2520. The van der Waals surface area contributed by atoms with Crippen LogP contribution in [-0.4, -0.2) is 49.2 Å². The quantitative estimate of drug-likeness (QED) is 0.196. The van der Waals surface area contributed by atoms with Crippen LogP contribution in [0, 0.1) is 11.8 Å². The molecule has 0 radical (unpaired) electrons. The molecule has 6 aromatic rings. The zero-order chi connectivity index (χ0) is 33.0. The minimum absolute atomic E-state index is 0.0451. The van der Waals surface area contributed by atoms with Gasteiger partial charge in [0.15, 0.2) is 11.5 Å². The summed E-state index contributed by atoms with van der Waals surface area (Å²) in [5.74, 6) is 4.49. The predicted molar refractivity (Wildman–Crippen MR) is 172 cm³/mol. The number of rotatable bonds is 6. The van der Waals surface area contributed by atoms with Crippen molar-refractivity contribution in [2.24, 2.45) is 12.2 Å². The van der Waals surface area contributed by atoms with Gasteiger partial charge in [0.1, 0.15) is 5.56 Å². The van der Waals surface area contributed by atoms with Gasteiger partial charge in [-0.2, -0.15) is 13.5 Å². The average Bonchev–Trinajstić information content (AvgIpc) is 3.71. The molecule has 5 N–H and O–H groups in total. The Kier molecular flexibility index (Phi) is 6.84. The van der Waals surface area contributed by atoms with Gasteiger partial charge in [-0.1, -0.05) is 30.0 Å². The molecule has 0 spiro atoms. The van der Waals surface area contributed by atoms with Gasteiger partial charge in [0.05, 0.1) is 40.1 Å². The fraction of sp³-hybridized carbons (Fsp3) is 0.0968. The summed E-state index contributed by atoms with van der Waals surface area (Å²) in [4.78, 5) is 46.3. The Balaban J connectivity index is 1.43. The number of hydrogen-bond acceptors (Lipinski definition) is 8. The summed E-state index contributed by atoms with van der Waals surface area (Å²) < 4.78 is 30.1. The zero-order valence-corrected chi connectivity index (χ0v) is 25.5. The van der Waals surface area contributed by atoms with Crippen LogP contribution < -0.4 is 26.1 Å². The Morgan fingerprint density at radius 1 is 1.06 bits per heavy atom.